The first-order valence-corrected chi connectivity index (χ1v) is 18.8. The SMILES string of the molecule is Cc1cc(C)c(-n2c3ccccc3c3cc(-c4ccc5c(c4)c4ccccc4n5-c4ccc(-n5c6ccccc6c6ccccc65)cc4)ccc32)c(C)c1. The molecule has 11 aromatic rings. The van der Waals surface area contributed by atoms with Crippen molar-refractivity contribution in [3.8, 4) is 28.2 Å². The van der Waals surface area contributed by atoms with E-state index in [4.69, 9.17) is 0 Å². The summed E-state index contributed by atoms with van der Waals surface area (Å²) < 4.78 is 7.25. The maximum absolute atomic E-state index is 2.46. The summed E-state index contributed by atoms with van der Waals surface area (Å²) in [4.78, 5) is 0. The molecule has 11 rings (SSSR count). The van der Waals surface area contributed by atoms with Crippen LogP contribution in [0.4, 0.5) is 0 Å². The van der Waals surface area contributed by atoms with Gasteiger partial charge in [0.15, 0.2) is 0 Å². The number of benzene rings is 8. The molecule has 0 unspecified atom stereocenters. The van der Waals surface area contributed by atoms with Crippen LogP contribution in [0.3, 0.4) is 0 Å². The molecule has 0 spiro atoms. The molecule has 0 aliphatic carbocycles. The number of aromatic nitrogens is 3. The lowest BCUT2D eigenvalue weighted by molar-refractivity contribution is 1.11. The topological polar surface area (TPSA) is 14.8 Å². The van der Waals surface area contributed by atoms with E-state index in [2.05, 4.69) is 204 Å². The molecule has 0 N–H and O–H groups in total. The molecule has 0 saturated carbocycles. The number of para-hydroxylation sites is 4. The van der Waals surface area contributed by atoms with E-state index in [1.807, 2.05) is 0 Å². The van der Waals surface area contributed by atoms with E-state index in [1.54, 1.807) is 0 Å². The van der Waals surface area contributed by atoms with Crippen LogP contribution < -0.4 is 0 Å². The number of aryl methyl sites for hydroxylation is 3. The Morgan fingerprint density at radius 3 is 1.06 bits per heavy atom. The maximum atomic E-state index is 2.46. The number of fused-ring (bicyclic) bond motifs is 9. The minimum absolute atomic E-state index is 1.15. The van der Waals surface area contributed by atoms with E-state index in [1.165, 1.54) is 98.9 Å². The standard InChI is InChI=1S/C51H37N3/c1-32-28-33(2)51(34(3)29-32)54-48-19-11-7-15-42(48)44-31-36(21-27-50(44)54)35-20-26-49-43(30-35)41-14-6-10-18-47(41)53(49)38-24-22-37(23-25-38)52-45-16-8-4-12-39(45)40-13-5-9-17-46(40)52/h4-31H,1-3H3. The van der Waals surface area contributed by atoms with Gasteiger partial charge < -0.3 is 13.7 Å². The lowest BCUT2D eigenvalue weighted by atomic mass is 10.0. The first-order valence-electron chi connectivity index (χ1n) is 18.8. The normalized spacial score (nSPS) is 12.0. The minimum Gasteiger partial charge on any atom is -0.309 e. The van der Waals surface area contributed by atoms with Crippen LogP contribution >= 0.6 is 0 Å². The fourth-order valence-electron chi connectivity index (χ4n) is 9.30. The second kappa shape index (κ2) is 11.6. The molecule has 0 bridgehead atoms. The van der Waals surface area contributed by atoms with E-state index in [9.17, 15) is 0 Å². The molecule has 8 aromatic carbocycles. The third kappa shape index (κ3) is 4.42. The highest BCUT2D eigenvalue weighted by Gasteiger charge is 2.18. The summed E-state index contributed by atoms with van der Waals surface area (Å²) in [5.74, 6) is 0. The average molecular weight is 692 g/mol. The highest BCUT2D eigenvalue weighted by molar-refractivity contribution is 6.13. The van der Waals surface area contributed by atoms with Gasteiger partial charge in [0.1, 0.15) is 0 Å². The van der Waals surface area contributed by atoms with Crippen LogP contribution in [0.15, 0.2) is 170 Å². The fourth-order valence-corrected chi connectivity index (χ4v) is 9.30. The van der Waals surface area contributed by atoms with Gasteiger partial charge in [-0.2, -0.15) is 0 Å². The number of hydrogen-bond acceptors (Lipinski definition) is 0. The minimum atomic E-state index is 1.15. The van der Waals surface area contributed by atoms with E-state index in [-0.39, 0.29) is 0 Å². The molecule has 0 amide bonds. The van der Waals surface area contributed by atoms with Crippen LogP contribution in [-0.4, -0.2) is 13.7 Å². The summed E-state index contributed by atoms with van der Waals surface area (Å²) in [5.41, 5.74) is 17.2. The summed E-state index contributed by atoms with van der Waals surface area (Å²) in [6, 6.07) is 62.6. The van der Waals surface area contributed by atoms with Gasteiger partial charge in [-0.1, -0.05) is 103 Å². The smallest absolute Gasteiger partial charge is 0.0541 e. The Morgan fingerprint density at radius 2 is 0.630 bits per heavy atom. The summed E-state index contributed by atoms with van der Waals surface area (Å²) in [6.07, 6.45) is 0. The second-order valence-corrected chi connectivity index (χ2v) is 14.8. The van der Waals surface area contributed by atoms with Crippen molar-refractivity contribution >= 4 is 65.4 Å². The van der Waals surface area contributed by atoms with Crippen LogP contribution in [0, 0.1) is 20.8 Å². The third-order valence-corrected chi connectivity index (χ3v) is 11.5. The lowest BCUT2D eigenvalue weighted by Gasteiger charge is -2.15. The summed E-state index contributed by atoms with van der Waals surface area (Å²) in [6.45, 7) is 6.64. The van der Waals surface area contributed by atoms with Gasteiger partial charge in [-0.05, 0) is 116 Å². The van der Waals surface area contributed by atoms with Crippen LogP contribution in [-0.2, 0) is 0 Å². The molecule has 3 aromatic heterocycles. The van der Waals surface area contributed by atoms with Gasteiger partial charge in [-0.15, -0.1) is 0 Å². The van der Waals surface area contributed by atoms with Crippen molar-refractivity contribution < 1.29 is 0 Å². The first kappa shape index (κ1) is 30.8. The molecule has 256 valence electrons. The summed E-state index contributed by atoms with van der Waals surface area (Å²) >= 11 is 0. The van der Waals surface area contributed by atoms with Gasteiger partial charge in [0.05, 0.1) is 38.8 Å². The molecule has 0 radical (unpaired) electrons. The van der Waals surface area contributed by atoms with Crippen LogP contribution in [0.2, 0.25) is 0 Å². The number of rotatable bonds is 4. The molecular weight excluding hydrogens is 655 g/mol. The largest absolute Gasteiger partial charge is 0.309 e. The van der Waals surface area contributed by atoms with Crippen LogP contribution in [0.25, 0.3) is 93.6 Å². The first-order chi connectivity index (χ1) is 26.5. The second-order valence-electron chi connectivity index (χ2n) is 14.8. The van der Waals surface area contributed by atoms with Gasteiger partial charge in [0.25, 0.3) is 0 Å². The molecule has 3 heterocycles. The molecule has 0 aliphatic rings. The van der Waals surface area contributed by atoms with E-state index in [0.717, 1.165) is 11.4 Å². The fraction of sp³-hybridized carbons (Fsp3) is 0.0588. The summed E-state index contributed by atoms with van der Waals surface area (Å²) in [7, 11) is 0. The summed E-state index contributed by atoms with van der Waals surface area (Å²) in [5, 5.41) is 7.60. The Morgan fingerprint density at radius 1 is 0.296 bits per heavy atom. The molecular formula is C51H37N3. The Hall–Kier alpha value is -6.84. The molecule has 0 atom stereocenters. The maximum Gasteiger partial charge on any atom is 0.0541 e. The van der Waals surface area contributed by atoms with Gasteiger partial charge >= 0.3 is 0 Å². The molecule has 0 aliphatic heterocycles. The van der Waals surface area contributed by atoms with E-state index >= 15 is 0 Å². The Labute approximate surface area is 313 Å². The Bertz CT molecular complexity index is 3220. The highest BCUT2D eigenvalue weighted by Crippen LogP contribution is 2.40. The van der Waals surface area contributed by atoms with Crippen LogP contribution in [0.1, 0.15) is 16.7 Å². The quantitative estimate of drug-likeness (QED) is 0.175. The molecule has 54 heavy (non-hydrogen) atoms. The number of hydrogen-bond donors (Lipinski definition) is 0. The zero-order chi connectivity index (χ0) is 36.1. The van der Waals surface area contributed by atoms with Gasteiger partial charge in [-0.3, -0.25) is 0 Å². The Balaban J connectivity index is 1.05. The van der Waals surface area contributed by atoms with Crippen molar-refractivity contribution in [2.45, 2.75) is 20.8 Å². The van der Waals surface area contributed by atoms with Crippen LogP contribution in [0.5, 0.6) is 0 Å². The van der Waals surface area contributed by atoms with Crippen molar-refractivity contribution in [1.82, 2.24) is 13.7 Å². The van der Waals surface area contributed by atoms with E-state index in [0.29, 0.717) is 0 Å². The average Bonchev–Trinajstić information content (AvgIpc) is 3.83. The van der Waals surface area contributed by atoms with Crippen molar-refractivity contribution in [3.63, 3.8) is 0 Å². The van der Waals surface area contributed by atoms with Crippen molar-refractivity contribution in [3.05, 3.63) is 187 Å². The Kier molecular flexibility index (Phi) is 6.60. The predicted octanol–water partition coefficient (Wildman–Crippen LogP) is 13.6. The monoisotopic (exact) mass is 691 g/mol. The van der Waals surface area contributed by atoms with Gasteiger partial charge in [-0.25, -0.2) is 0 Å². The molecule has 3 nitrogen and oxygen atoms in total. The third-order valence-electron chi connectivity index (χ3n) is 11.5. The van der Waals surface area contributed by atoms with Crippen molar-refractivity contribution in [1.29, 1.82) is 0 Å². The van der Waals surface area contributed by atoms with Crippen molar-refractivity contribution in [2.75, 3.05) is 0 Å². The molecule has 0 saturated heterocycles. The zero-order valence-corrected chi connectivity index (χ0v) is 30.5. The van der Waals surface area contributed by atoms with Crippen molar-refractivity contribution in [2.24, 2.45) is 0 Å². The predicted molar refractivity (Wildman–Crippen MR) is 229 cm³/mol. The molecule has 3 heteroatoms. The highest BCUT2D eigenvalue weighted by atomic mass is 15.0. The lowest BCUT2D eigenvalue weighted by Crippen LogP contribution is -2.00. The number of nitrogens with zero attached hydrogens (tertiary/aromatic N) is 3. The molecule has 0 fully saturated rings. The van der Waals surface area contributed by atoms with Gasteiger partial charge in [0, 0.05) is 43.7 Å². The van der Waals surface area contributed by atoms with E-state index < -0.39 is 0 Å². The van der Waals surface area contributed by atoms with Gasteiger partial charge in [0.2, 0.25) is 0 Å². The zero-order valence-electron chi connectivity index (χ0n) is 30.5.